The van der Waals surface area contributed by atoms with Crippen molar-refractivity contribution in [2.24, 2.45) is 0 Å². The summed E-state index contributed by atoms with van der Waals surface area (Å²) in [5, 5.41) is 4.83. The van der Waals surface area contributed by atoms with E-state index in [-0.39, 0.29) is 24.3 Å². The highest BCUT2D eigenvalue weighted by molar-refractivity contribution is 7.10. The fourth-order valence-electron chi connectivity index (χ4n) is 2.36. The highest BCUT2D eigenvalue weighted by atomic mass is 32.1. The van der Waals surface area contributed by atoms with Crippen molar-refractivity contribution in [1.29, 1.82) is 0 Å². The third-order valence-corrected chi connectivity index (χ3v) is 4.61. The van der Waals surface area contributed by atoms with E-state index in [9.17, 15) is 9.59 Å². The highest BCUT2D eigenvalue weighted by Gasteiger charge is 2.19. The Morgan fingerprint density at radius 1 is 1.24 bits per heavy atom. The molecule has 0 radical (unpaired) electrons. The molecule has 134 valence electrons. The van der Waals surface area contributed by atoms with Gasteiger partial charge in [0.25, 0.3) is 0 Å². The van der Waals surface area contributed by atoms with Gasteiger partial charge in [-0.3, -0.25) is 9.59 Å². The number of aryl methyl sites for hydroxylation is 1. The quantitative estimate of drug-likeness (QED) is 0.547. The summed E-state index contributed by atoms with van der Waals surface area (Å²) in [7, 11) is 1.35. The number of esters is 1. The summed E-state index contributed by atoms with van der Waals surface area (Å²) in [6, 6.07) is 11.3. The molecule has 1 N–H and O–H groups in total. The Kier molecular flexibility index (Phi) is 7.47. The van der Waals surface area contributed by atoms with E-state index in [1.54, 1.807) is 0 Å². The maximum absolute atomic E-state index is 12.2. The van der Waals surface area contributed by atoms with Crippen molar-refractivity contribution in [1.82, 2.24) is 5.32 Å². The van der Waals surface area contributed by atoms with Crippen LogP contribution in [0.1, 0.15) is 35.7 Å². The molecule has 0 fully saturated rings. The van der Waals surface area contributed by atoms with Crippen LogP contribution in [0.2, 0.25) is 0 Å². The highest BCUT2D eigenvalue weighted by Crippen LogP contribution is 2.22. The van der Waals surface area contributed by atoms with Crippen molar-refractivity contribution < 1.29 is 19.1 Å². The van der Waals surface area contributed by atoms with E-state index in [1.165, 1.54) is 18.4 Å². The van der Waals surface area contributed by atoms with E-state index in [1.807, 2.05) is 48.7 Å². The van der Waals surface area contributed by atoms with E-state index in [0.29, 0.717) is 19.4 Å². The van der Waals surface area contributed by atoms with Crippen molar-refractivity contribution in [3.8, 4) is 5.75 Å². The van der Waals surface area contributed by atoms with Crippen molar-refractivity contribution in [2.75, 3.05) is 13.7 Å². The molecule has 1 atom stereocenters. The number of benzene rings is 1. The molecule has 2 rings (SSSR count). The van der Waals surface area contributed by atoms with Gasteiger partial charge in [-0.1, -0.05) is 18.2 Å². The normalized spacial score (nSPS) is 11.6. The molecule has 2 aromatic rings. The standard InChI is InChI=1S/C19H23NO4S/c1-14-6-3-7-15(12-14)24-10-4-9-18(21)20-16(13-19(22)23-2)17-8-5-11-25-17/h3,5-8,11-12,16H,4,9-10,13H2,1-2H3,(H,20,21). The van der Waals surface area contributed by atoms with Crippen LogP contribution >= 0.6 is 11.3 Å². The summed E-state index contributed by atoms with van der Waals surface area (Å²) in [4.78, 5) is 24.7. The number of carbonyl (C=O) groups excluding carboxylic acids is 2. The first-order valence-corrected chi connectivity index (χ1v) is 9.05. The van der Waals surface area contributed by atoms with E-state index in [4.69, 9.17) is 9.47 Å². The summed E-state index contributed by atoms with van der Waals surface area (Å²) in [5.41, 5.74) is 1.14. The Balaban J connectivity index is 1.77. The fraction of sp³-hybridized carbons (Fsp3) is 0.368. The molecule has 0 aliphatic carbocycles. The van der Waals surface area contributed by atoms with Gasteiger partial charge in [-0.25, -0.2) is 0 Å². The first-order chi connectivity index (χ1) is 12.1. The van der Waals surface area contributed by atoms with Gasteiger partial charge in [0.2, 0.25) is 5.91 Å². The van der Waals surface area contributed by atoms with Gasteiger partial charge >= 0.3 is 5.97 Å². The molecule has 1 aromatic heterocycles. The number of methoxy groups -OCH3 is 1. The lowest BCUT2D eigenvalue weighted by atomic mass is 10.1. The van der Waals surface area contributed by atoms with E-state index >= 15 is 0 Å². The molecule has 5 nitrogen and oxygen atoms in total. The van der Waals surface area contributed by atoms with Crippen molar-refractivity contribution >= 4 is 23.2 Å². The van der Waals surface area contributed by atoms with Crippen LogP contribution in [-0.4, -0.2) is 25.6 Å². The van der Waals surface area contributed by atoms with Crippen LogP contribution in [0, 0.1) is 6.92 Å². The lowest BCUT2D eigenvalue weighted by Gasteiger charge is -2.16. The minimum absolute atomic E-state index is 0.102. The van der Waals surface area contributed by atoms with E-state index < -0.39 is 0 Å². The summed E-state index contributed by atoms with van der Waals surface area (Å²) >= 11 is 1.51. The second-order valence-electron chi connectivity index (χ2n) is 5.68. The number of ether oxygens (including phenoxy) is 2. The molecule has 0 bridgehead atoms. The fourth-order valence-corrected chi connectivity index (χ4v) is 3.13. The Labute approximate surface area is 152 Å². The molecule has 1 heterocycles. The average molecular weight is 361 g/mol. The van der Waals surface area contributed by atoms with Crippen LogP contribution in [-0.2, 0) is 14.3 Å². The number of nitrogens with one attached hydrogen (secondary N) is 1. The van der Waals surface area contributed by atoms with Crippen LogP contribution in [0.25, 0.3) is 0 Å². The van der Waals surface area contributed by atoms with Gasteiger partial charge in [-0.2, -0.15) is 0 Å². The van der Waals surface area contributed by atoms with Crippen LogP contribution in [0.4, 0.5) is 0 Å². The minimum atomic E-state index is -0.349. The lowest BCUT2D eigenvalue weighted by Crippen LogP contribution is -2.30. The molecular formula is C19H23NO4S. The Bertz CT molecular complexity index is 684. The molecule has 0 saturated carbocycles. The van der Waals surface area contributed by atoms with Crippen LogP contribution < -0.4 is 10.1 Å². The number of hydrogen-bond acceptors (Lipinski definition) is 5. The monoisotopic (exact) mass is 361 g/mol. The molecule has 1 unspecified atom stereocenters. The first-order valence-electron chi connectivity index (χ1n) is 8.17. The van der Waals surface area contributed by atoms with Gasteiger partial charge in [0.15, 0.2) is 0 Å². The molecule has 1 amide bonds. The average Bonchev–Trinajstić information content (AvgIpc) is 3.12. The zero-order valence-electron chi connectivity index (χ0n) is 14.5. The Morgan fingerprint density at radius 2 is 2.08 bits per heavy atom. The number of amides is 1. The second-order valence-corrected chi connectivity index (χ2v) is 6.66. The third kappa shape index (κ3) is 6.58. The molecule has 1 aromatic carbocycles. The number of carbonyl (C=O) groups is 2. The zero-order chi connectivity index (χ0) is 18.1. The van der Waals surface area contributed by atoms with Gasteiger partial charge in [-0.05, 0) is 42.5 Å². The van der Waals surface area contributed by atoms with Crippen molar-refractivity contribution in [2.45, 2.75) is 32.2 Å². The first kappa shape index (κ1) is 19.0. The molecule has 0 saturated heterocycles. The Morgan fingerprint density at radius 3 is 2.76 bits per heavy atom. The molecule has 25 heavy (non-hydrogen) atoms. The molecular weight excluding hydrogens is 338 g/mol. The number of rotatable bonds is 9. The summed E-state index contributed by atoms with van der Waals surface area (Å²) in [6.07, 6.45) is 1.08. The van der Waals surface area contributed by atoms with E-state index in [0.717, 1.165) is 16.2 Å². The predicted molar refractivity (Wildman–Crippen MR) is 97.7 cm³/mol. The third-order valence-electron chi connectivity index (χ3n) is 3.63. The number of thiophene rings is 1. The molecule has 6 heteroatoms. The summed E-state index contributed by atoms with van der Waals surface area (Å²) in [6.45, 7) is 2.48. The van der Waals surface area contributed by atoms with Gasteiger partial charge < -0.3 is 14.8 Å². The summed E-state index contributed by atoms with van der Waals surface area (Å²) in [5.74, 6) is 0.360. The van der Waals surface area contributed by atoms with E-state index in [2.05, 4.69) is 5.32 Å². The minimum Gasteiger partial charge on any atom is -0.494 e. The zero-order valence-corrected chi connectivity index (χ0v) is 15.3. The molecule has 0 spiro atoms. The van der Waals surface area contributed by atoms with Crippen LogP contribution in [0.5, 0.6) is 5.75 Å². The molecule has 0 aliphatic rings. The van der Waals surface area contributed by atoms with Crippen molar-refractivity contribution in [3.63, 3.8) is 0 Å². The van der Waals surface area contributed by atoms with Gasteiger partial charge in [-0.15, -0.1) is 11.3 Å². The SMILES string of the molecule is COC(=O)CC(NC(=O)CCCOc1cccc(C)c1)c1cccs1. The number of hydrogen-bond donors (Lipinski definition) is 1. The maximum atomic E-state index is 12.2. The predicted octanol–water partition coefficient (Wildman–Crippen LogP) is 3.64. The van der Waals surface area contributed by atoms with Crippen LogP contribution in [0.3, 0.4) is 0 Å². The smallest absolute Gasteiger partial charge is 0.307 e. The maximum Gasteiger partial charge on any atom is 0.307 e. The largest absolute Gasteiger partial charge is 0.494 e. The Hall–Kier alpha value is -2.34. The summed E-state index contributed by atoms with van der Waals surface area (Å²) < 4.78 is 10.4. The van der Waals surface area contributed by atoms with Crippen LogP contribution in [0.15, 0.2) is 41.8 Å². The topological polar surface area (TPSA) is 64.6 Å². The lowest BCUT2D eigenvalue weighted by molar-refractivity contribution is -0.141. The van der Waals surface area contributed by atoms with Crippen molar-refractivity contribution in [3.05, 3.63) is 52.2 Å². The van der Waals surface area contributed by atoms with Gasteiger partial charge in [0.1, 0.15) is 5.75 Å². The van der Waals surface area contributed by atoms with Gasteiger partial charge in [0, 0.05) is 11.3 Å². The molecule has 0 aliphatic heterocycles. The van der Waals surface area contributed by atoms with Gasteiger partial charge in [0.05, 0.1) is 26.2 Å². The second kappa shape index (κ2) is 9.84.